The van der Waals surface area contributed by atoms with Gasteiger partial charge in [0.2, 0.25) is 0 Å². The van der Waals surface area contributed by atoms with Crippen molar-refractivity contribution in [3.05, 3.63) is 40.8 Å². The third-order valence-corrected chi connectivity index (χ3v) is 2.95. The number of imidazole rings is 1. The number of nitrogens with zero attached hydrogens (tertiary/aromatic N) is 2. The van der Waals surface area contributed by atoms with Crippen LogP contribution in [0.15, 0.2) is 34.9 Å². The summed E-state index contributed by atoms with van der Waals surface area (Å²) in [6.45, 7) is 0. The normalized spacial score (nSPS) is 11.0. The zero-order valence-electron chi connectivity index (χ0n) is 8.98. The predicted molar refractivity (Wildman–Crippen MR) is 68.6 cm³/mol. The van der Waals surface area contributed by atoms with Crippen LogP contribution in [0.3, 0.4) is 0 Å². The molecule has 3 aromatic rings. The predicted octanol–water partition coefficient (Wildman–Crippen LogP) is 3.23. The SMILES string of the molecule is Oc1cc(F)ccc1-c1nc2ncc(Br)cc2[nH]1. The molecule has 6 heteroatoms. The van der Waals surface area contributed by atoms with E-state index in [-0.39, 0.29) is 5.75 Å². The van der Waals surface area contributed by atoms with Gasteiger partial charge >= 0.3 is 0 Å². The molecule has 0 fully saturated rings. The number of nitrogens with one attached hydrogen (secondary N) is 1. The minimum absolute atomic E-state index is 0.159. The Hall–Kier alpha value is -1.95. The average molecular weight is 308 g/mol. The molecule has 0 aliphatic rings. The topological polar surface area (TPSA) is 61.8 Å². The van der Waals surface area contributed by atoms with Gasteiger partial charge in [0.25, 0.3) is 0 Å². The maximum atomic E-state index is 12.9. The van der Waals surface area contributed by atoms with Crippen molar-refractivity contribution < 1.29 is 9.50 Å². The fourth-order valence-electron chi connectivity index (χ4n) is 1.71. The number of rotatable bonds is 1. The first-order valence-electron chi connectivity index (χ1n) is 5.13. The summed E-state index contributed by atoms with van der Waals surface area (Å²) in [4.78, 5) is 11.4. The lowest BCUT2D eigenvalue weighted by Gasteiger charge is -2.00. The Kier molecular flexibility index (Phi) is 2.52. The molecule has 0 atom stereocenters. The zero-order chi connectivity index (χ0) is 12.7. The van der Waals surface area contributed by atoms with Gasteiger partial charge < -0.3 is 10.1 Å². The molecule has 0 spiro atoms. The molecule has 2 N–H and O–H groups in total. The first-order valence-corrected chi connectivity index (χ1v) is 5.93. The highest BCUT2D eigenvalue weighted by Gasteiger charge is 2.11. The van der Waals surface area contributed by atoms with Crippen LogP contribution in [-0.4, -0.2) is 20.1 Å². The van der Waals surface area contributed by atoms with Crippen LogP contribution in [-0.2, 0) is 0 Å². The van der Waals surface area contributed by atoms with Gasteiger partial charge in [0, 0.05) is 16.7 Å². The second-order valence-electron chi connectivity index (χ2n) is 3.77. The number of hydrogen-bond donors (Lipinski definition) is 2. The van der Waals surface area contributed by atoms with Crippen molar-refractivity contribution in [2.24, 2.45) is 0 Å². The van der Waals surface area contributed by atoms with Crippen molar-refractivity contribution in [2.45, 2.75) is 0 Å². The van der Waals surface area contributed by atoms with Gasteiger partial charge in [-0.2, -0.15) is 0 Å². The first-order chi connectivity index (χ1) is 8.63. The van der Waals surface area contributed by atoms with E-state index < -0.39 is 5.82 Å². The van der Waals surface area contributed by atoms with Gasteiger partial charge in [0.05, 0.1) is 11.1 Å². The minimum Gasteiger partial charge on any atom is -0.507 e. The molecule has 0 unspecified atom stereocenters. The van der Waals surface area contributed by atoms with E-state index in [9.17, 15) is 9.50 Å². The van der Waals surface area contributed by atoms with Gasteiger partial charge in [-0.25, -0.2) is 14.4 Å². The van der Waals surface area contributed by atoms with Crippen molar-refractivity contribution in [3.8, 4) is 17.1 Å². The number of H-pyrrole nitrogens is 1. The number of aromatic amines is 1. The van der Waals surface area contributed by atoms with Gasteiger partial charge in [0.15, 0.2) is 5.65 Å². The van der Waals surface area contributed by atoms with Gasteiger partial charge in [0.1, 0.15) is 17.4 Å². The van der Waals surface area contributed by atoms with E-state index >= 15 is 0 Å². The number of benzene rings is 1. The van der Waals surface area contributed by atoms with E-state index in [1.807, 2.05) is 6.07 Å². The molecule has 0 saturated heterocycles. The number of phenolic OH excluding ortho intramolecular Hbond substituents is 1. The lowest BCUT2D eigenvalue weighted by atomic mass is 10.2. The van der Waals surface area contributed by atoms with Crippen LogP contribution in [0, 0.1) is 5.82 Å². The van der Waals surface area contributed by atoms with Crippen LogP contribution < -0.4 is 0 Å². The second kappa shape index (κ2) is 4.06. The summed E-state index contributed by atoms with van der Waals surface area (Å²) >= 11 is 3.31. The van der Waals surface area contributed by atoms with Crippen LogP contribution >= 0.6 is 15.9 Å². The number of pyridine rings is 1. The summed E-state index contributed by atoms with van der Waals surface area (Å²) in [6, 6.07) is 5.62. The number of phenols is 1. The van der Waals surface area contributed by atoms with Crippen LogP contribution in [0.5, 0.6) is 5.75 Å². The molecule has 2 aromatic heterocycles. The smallest absolute Gasteiger partial charge is 0.178 e. The summed E-state index contributed by atoms with van der Waals surface area (Å²) < 4.78 is 13.7. The molecule has 0 saturated carbocycles. The van der Waals surface area contributed by atoms with Crippen LogP contribution in [0.1, 0.15) is 0 Å². The second-order valence-corrected chi connectivity index (χ2v) is 4.69. The van der Waals surface area contributed by atoms with Gasteiger partial charge in [-0.05, 0) is 34.1 Å². The van der Waals surface area contributed by atoms with Crippen LogP contribution in [0.25, 0.3) is 22.6 Å². The standard InChI is InChI=1S/C12H7BrFN3O/c13-6-3-9-12(15-5-6)17-11(16-9)8-2-1-7(14)4-10(8)18/h1-5,18H,(H,15,16,17). The summed E-state index contributed by atoms with van der Waals surface area (Å²) in [6.07, 6.45) is 1.64. The number of aromatic nitrogens is 3. The summed E-state index contributed by atoms with van der Waals surface area (Å²) in [5.41, 5.74) is 1.71. The minimum atomic E-state index is -0.492. The maximum Gasteiger partial charge on any atom is 0.178 e. The van der Waals surface area contributed by atoms with Crippen molar-refractivity contribution in [1.82, 2.24) is 15.0 Å². The summed E-state index contributed by atoms with van der Waals surface area (Å²) in [5.74, 6) is -0.200. The molecule has 2 heterocycles. The molecule has 0 amide bonds. The monoisotopic (exact) mass is 307 g/mol. The molecule has 0 bridgehead atoms. The fraction of sp³-hybridized carbons (Fsp3) is 0. The molecule has 3 rings (SSSR count). The largest absolute Gasteiger partial charge is 0.507 e. The summed E-state index contributed by atoms with van der Waals surface area (Å²) in [7, 11) is 0. The Balaban J connectivity index is 2.19. The molecule has 90 valence electrons. The number of fused-ring (bicyclic) bond motifs is 1. The molecule has 4 nitrogen and oxygen atoms in total. The summed E-state index contributed by atoms with van der Waals surface area (Å²) in [5, 5.41) is 9.69. The molecule has 1 aromatic carbocycles. The van der Waals surface area contributed by atoms with E-state index in [0.717, 1.165) is 16.1 Å². The van der Waals surface area contributed by atoms with Crippen molar-refractivity contribution in [1.29, 1.82) is 0 Å². The van der Waals surface area contributed by atoms with Crippen molar-refractivity contribution in [3.63, 3.8) is 0 Å². The highest BCUT2D eigenvalue weighted by atomic mass is 79.9. The van der Waals surface area contributed by atoms with Crippen molar-refractivity contribution in [2.75, 3.05) is 0 Å². The lowest BCUT2D eigenvalue weighted by Crippen LogP contribution is -1.83. The Bertz CT molecular complexity index is 741. The highest BCUT2D eigenvalue weighted by Crippen LogP contribution is 2.29. The van der Waals surface area contributed by atoms with E-state index in [1.165, 1.54) is 12.1 Å². The Labute approximate surface area is 110 Å². The third-order valence-electron chi connectivity index (χ3n) is 2.52. The van der Waals surface area contributed by atoms with Gasteiger partial charge in [-0.15, -0.1) is 0 Å². The lowest BCUT2D eigenvalue weighted by molar-refractivity contribution is 0.471. The third kappa shape index (κ3) is 1.84. The fourth-order valence-corrected chi connectivity index (χ4v) is 2.04. The van der Waals surface area contributed by atoms with Crippen LogP contribution in [0.4, 0.5) is 4.39 Å². The molecule has 0 aliphatic carbocycles. The highest BCUT2D eigenvalue weighted by molar-refractivity contribution is 9.10. The molecular formula is C12H7BrFN3O. The maximum absolute atomic E-state index is 12.9. The number of halogens is 2. The van der Waals surface area contributed by atoms with E-state index in [4.69, 9.17) is 0 Å². The van der Waals surface area contributed by atoms with E-state index in [2.05, 4.69) is 30.9 Å². The average Bonchev–Trinajstić information content (AvgIpc) is 2.71. The van der Waals surface area contributed by atoms with E-state index in [1.54, 1.807) is 6.20 Å². The first kappa shape index (κ1) is 11.2. The quantitative estimate of drug-likeness (QED) is 0.725. The molecule has 0 radical (unpaired) electrons. The number of hydrogen-bond acceptors (Lipinski definition) is 3. The van der Waals surface area contributed by atoms with Gasteiger partial charge in [-0.3, -0.25) is 0 Å². The van der Waals surface area contributed by atoms with Crippen molar-refractivity contribution >= 4 is 27.1 Å². The molecule has 0 aliphatic heterocycles. The molecular weight excluding hydrogens is 301 g/mol. The Morgan fingerprint density at radius 2 is 2.11 bits per heavy atom. The van der Waals surface area contributed by atoms with Crippen LogP contribution in [0.2, 0.25) is 0 Å². The van der Waals surface area contributed by atoms with Gasteiger partial charge in [-0.1, -0.05) is 0 Å². The number of aromatic hydroxyl groups is 1. The van der Waals surface area contributed by atoms with E-state index in [0.29, 0.717) is 17.0 Å². The Morgan fingerprint density at radius 1 is 1.28 bits per heavy atom. The zero-order valence-corrected chi connectivity index (χ0v) is 10.6. The molecule has 18 heavy (non-hydrogen) atoms. The Morgan fingerprint density at radius 3 is 2.89 bits per heavy atom.